The lowest BCUT2D eigenvalue weighted by molar-refractivity contribution is -0.146. The van der Waals surface area contributed by atoms with Crippen LogP contribution in [0.15, 0.2) is 18.2 Å². The standard InChI is InChI=1S/C15H16ClNO3/c1-15(8-12(18)19)14-9(6-7-20-15)13-10(16)4-3-5-11(13)17(14)2/h3-5H,6-8H2,1-2H3,(H,18,19). The molecule has 106 valence electrons. The van der Waals surface area contributed by atoms with Gasteiger partial charge in [-0.05, 0) is 31.0 Å². The normalized spacial score (nSPS) is 21.9. The Kier molecular flexibility index (Phi) is 3.03. The molecule has 2 heterocycles. The Morgan fingerprint density at radius 3 is 3.00 bits per heavy atom. The predicted octanol–water partition coefficient (Wildman–Crippen LogP) is 3.09. The van der Waals surface area contributed by atoms with Crippen LogP contribution in [0.5, 0.6) is 0 Å². The average Bonchev–Trinajstić information content (AvgIpc) is 2.65. The molecule has 4 nitrogen and oxygen atoms in total. The number of benzene rings is 1. The second kappa shape index (κ2) is 4.50. The first kappa shape index (κ1) is 13.5. The van der Waals surface area contributed by atoms with E-state index in [2.05, 4.69) is 0 Å². The summed E-state index contributed by atoms with van der Waals surface area (Å²) in [5.74, 6) is -0.864. The molecule has 1 atom stereocenters. The number of carboxylic acids is 1. The van der Waals surface area contributed by atoms with Crippen molar-refractivity contribution < 1.29 is 14.6 Å². The predicted molar refractivity (Wildman–Crippen MR) is 77.2 cm³/mol. The fourth-order valence-electron chi connectivity index (χ4n) is 3.32. The molecule has 5 heteroatoms. The Hall–Kier alpha value is -1.52. The van der Waals surface area contributed by atoms with Gasteiger partial charge >= 0.3 is 5.97 Å². The molecule has 1 unspecified atom stereocenters. The molecular weight excluding hydrogens is 278 g/mol. The Morgan fingerprint density at radius 2 is 2.30 bits per heavy atom. The van der Waals surface area contributed by atoms with Gasteiger partial charge < -0.3 is 14.4 Å². The SMILES string of the molecule is Cn1c2c(c3c(Cl)cccc31)CCOC2(C)CC(=O)O. The summed E-state index contributed by atoms with van der Waals surface area (Å²) < 4.78 is 7.82. The van der Waals surface area contributed by atoms with Crippen molar-refractivity contribution in [1.29, 1.82) is 0 Å². The number of carboxylic acid groups (broad SMARTS) is 1. The van der Waals surface area contributed by atoms with Crippen LogP contribution in [0.1, 0.15) is 24.6 Å². The Bertz CT molecular complexity index is 707. The molecule has 1 aliphatic rings. The first-order valence-electron chi connectivity index (χ1n) is 6.56. The zero-order valence-electron chi connectivity index (χ0n) is 11.4. The number of aryl methyl sites for hydroxylation is 1. The molecule has 0 amide bonds. The van der Waals surface area contributed by atoms with Gasteiger partial charge in [-0.15, -0.1) is 0 Å². The van der Waals surface area contributed by atoms with Crippen LogP contribution in [0.4, 0.5) is 0 Å². The number of hydrogen-bond acceptors (Lipinski definition) is 2. The van der Waals surface area contributed by atoms with E-state index in [-0.39, 0.29) is 6.42 Å². The summed E-state index contributed by atoms with van der Waals surface area (Å²) in [5, 5.41) is 10.9. The van der Waals surface area contributed by atoms with Gasteiger partial charge in [0.25, 0.3) is 0 Å². The minimum atomic E-state index is -0.864. The van der Waals surface area contributed by atoms with Crippen molar-refractivity contribution in [2.75, 3.05) is 6.61 Å². The Morgan fingerprint density at radius 1 is 1.55 bits per heavy atom. The van der Waals surface area contributed by atoms with Gasteiger partial charge in [-0.3, -0.25) is 4.79 Å². The van der Waals surface area contributed by atoms with E-state index < -0.39 is 11.6 Å². The third-order valence-corrected chi connectivity index (χ3v) is 4.35. The number of hydrogen-bond donors (Lipinski definition) is 1. The maximum absolute atomic E-state index is 11.2. The van der Waals surface area contributed by atoms with E-state index in [9.17, 15) is 4.79 Å². The summed E-state index contributed by atoms with van der Waals surface area (Å²) in [6.07, 6.45) is 0.702. The van der Waals surface area contributed by atoms with E-state index in [4.69, 9.17) is 21.4 Å². The molecule has 20 heavy (non-hydrogen) atoms. The lowest BCUT2D eigenvalue weighted by atomic mass is 9.90. The second-order valence-corrected chi connectivity index (χ2v) is 5.83. The van der Waals surface area contributed by atoms with Crippen molar-refractivity contribution in [2.45, 2.75) is 25.4 Å². The second-order valence-electron chi connectivity index (χ2n) is 5.42. The van der Waals surface area contributed by atoms with Crippen molar-refractivity contribution in [3.05, 3.63) is 34.5 Å². The Balaban J connectivity index is 2.32. The molecule has 0 saturated carbocycles. The highest BCUT2D eigenvalue weighted by Crippen LogP contribution is 2.42. The minimum Gasteiger partial charge on any atom is -0.481 e. The van der Waals surface area contributed by atoms with Gasteiger partial charge in [0, 0.05) is 18.0 Å². The van der Waals surface area contributed by atoms with Crippen molar-refractivity contribution in [1.82, 2.24) is 4.57 Å². The van der Waals surface area contributed by atoms with Crippen LogP contribution in [-0.2, 0) is 28.6 Å². The average molecular weight is 294 g/mol. The number of ether oxygens (including phenoxy) is 1. The summed E-state index contributed by atoms with van der Waals surface area (Å²) in [4.78, 5) is 11.2. The van der Waals surface area contributed by atoms with E-state index in [1.165, 1.54) is 0 Å². The number of aromatic nitrogens is 1. The monoisotopic (exact) mass is 293 g/mol. The lowest BCUT2D eigenvalue weighted by Gasteiger charge is -2.34. The molecule has 1 N–H and O–H groups in total. The summed E-state index contributed by atoms with van der Waals surface area (Å²) in [6.45, 7) is 2.35. The topological polar surface area (TPSA) is 51.5 Å². The molecule has 1 aliphatic heterocycles. The number of rotatable bonds is 2. The number of carbonyl (C=O) groups is 1. The van der Waals surface area contributed by atoms with Gasteiger partial charge in [0.05, 0.1) is 23.7 Å². The third kappa shape index (κ3) is 1.83. The van der Waals surface area contributed by atoms with E-state index in [0.29, 0.717) is 11.6 Å². The molecule has 2 aromatic rings. The third-order valence-electron chi connectivity index (χ3n) is 4.04. The van der Waals surface area contributed by atoms with E-state index in [1.54, 1.807) is 0 Å². The van der Waals surface area contributed by atoms with Crippen LogP contribution in [0.3, 0.4) is 0 Å². The molecule has 1 aromatic carbocycles. The molecule has 3 rings (SSSR count). The van der Waals surface area contributed by atoms with E-state index >= 15 is 0 Å². The number of nitrogens with zero attached hydrogens (tertiary/aromatic N) is 1. The van der Waals surface area contributed by atoms with Crippen molar-refractivity contribution >= 4 is 28.5 Å². The molecular formula is C15H16ClNO3. The van der Waals surface area contributed by atoms with E-state index in [0.717, 1.165) is 28.6 Å². The van der Waals surface area contributed by atoms with Crippen molar-refractivity contribution in [3.8, 4) is 0 Å². The molecule has 0 aliphatic carbocycles. The summed E-state index contributed by atoms with van der Waals surface area (Å²) in [6, 6.07) is 5.78. The quantitative estimate of drug-likeness (QED) is 0.926. The van der Waals surface area contributed by atoms with Gasteiger partial charge in [0.15, 0.2) is 0 Å². The number of aliphatic carboxylic acids is 1. The van der Waals surface area contributed by atoms with Gasteiger partial charge in [-0.1, -0.05) is 17.7 Å². The molecule has 0 fully saturated rings. The fraction of sp³-hybridized carbons (Fsp3) is 0.400. The van der Waals surface area contributed by atoms with Gasteiger partial charge in [-0.25, -0.2) is 0 Å². The highest BCUT2D eigenvalue weighted by Gasteiger charge is 2.39. The van der Waals surface area contributed by atoms with Gasteiger partial charge in [-0.2, -0.15) is 0 Å². The van der Waals surface area contributed by atoms with Crippen LogP contribution >= 0.6 is 11.6 Å². The zero-order valence-corrected chi connectivity index (χ0v) is 12.2. The van der Waals surface area contributed by atoms with Crippen LogP contribution < -0.4 is 0 Å². The van der Waals surface area contributed by atoms with Crippen LogP contribution in [0, 0.1) is 0 Å². The summed E-state index contributed by atoms with van der Waals surface area (Å²) in [7, 11) is 1.94. The highest BCUT2D eigenvalue weighted by atomic mass is 35.5. The van der Waals surface area contributed by atoms with Gasteiger partial charge in [0.1, 0.15) is 5.60 Å². The van der Waals surface area contributed by atoms with Crippen LogP contribution in [0.25, 0.3) is 10.9 Å². The van der Waals surface area contributed by atoms with Crippen molar-refractivity contribution in [2.24, 2.45) is 7.05 Å². The molecule has 1 aromatic heterocycles. The number of fused-ring (bicyclic) bond motifs is 3. The van der Waals surface area contributed by atoms with Crippen LogP contribution in [-0.4, -0.2) is 22.2 Å². The smallest absolute Gasteiger partial charge is 0.306 e. The first-order valence-corrected chi connectivity index (χ1v) is 6.94. The minimum absolute atomic E-state index is 0.0538. The fourth-order valence-corrected chi connectivity index (χ4v) is 3.60. The zero-order chi connectivity index (χ0) is 14.5. The largest absolute Gasteiger partial charge is 0.481 e. The van der Waals surface area contributed by atoms with Crippen molar-refractivity contribution in [3.63, 3.8) is 0 Å². The summed E-state index contributed by atoms with van der Waals surface area (Å²) >= 11 is 6.34. The lowest BCUT2D eigenvalue weighted by Crippen LogP contribution is -2.36. The summed E-state index contributed by atoms with van der Waals surface area (Å²) in [5.41, 5.74) is 2.25. The maximum atomic E-state index is 11.2. The number of halogens is 1. The first-order chi connectivity index (χ1) is 9.44. The highest BCUT2D eigenvalue weighted by molar-refractivity contribution is 6.35. The maximum Gasteiger partial charge on any atom is 0.306 e. The Labute approximate surface area is 121 Å². The molecule has 0 bridgehead atoms. The molecule has 0 spiro atoms. The molecule has 0 radical (unpaired) electrons. The van der Waals surface area contributed by atoms with E-state index in [1.807, 2.05) is 36.7 Å². The van der Waals surface area contributed by atoms with Crippen LogP contribution in [0.2, 0.25) is 5.02 Å². The molecule has 0 saturated heterocycles. The van der Waals surface area contributed by atoms with Gasteiger partial charge in [0.2, 0.25) is 0 Å².